The molecule has 0 saturated carbocycles. The van der Waals surface area contributed by atoms with Crippen LogP contribution in [0.1, 0.15) is 34.6 Å². The molecule has 13 heavy (non-hydrogen) atoms. The minimum Gasteiger partial charge on any atom is -0.352 e. The lowest BCUT2D eigenvalue weighted by Crippen LogP contribution is -2.14. The fourth-order valence-electron chi connectivity index (χ4n) is 1.09. The second-order valence-corrected chi connectivity index (χ2v) is 3.26. The fraction of sp³-hybridized carbons (Fsp3) is 0.500. The Hall–Kier alpha value is -0.980. The van der Waals surface area contributed by atoms with Crippen molar-refractivity contribution in [1.29, 1.82) is 0 Å². The van der Waals surface area contributed by atoms with E-state index in [0.717, 1.165) is 0 Å². The third kappa shape index (κ3) is 3.49. The minimum atomic E-state index is 1.28. The van der Waals surface area contributed by atoms with Gasteiger partial charge in [0.2, 0.25) is 0 Å². The summed E-state index contributed by atoms with van der Waals surface area (Å²) in [6, 6.07) is 0. The van der Waals surface area contributed by atoms with Crippen LogP contribution in [0.15, 0.2) is 35.2 Å². The molecule has 0 aliphatic carbocycles. The van der Waals surface area contributed by atoms with E-state index >= 15 is 0 Å². The quantitative estimate of drug-likeness (QED) is 0.597. The van der Waals surface area contributed by atoms with Crippen LogP contribution in [-0.2, 0) is 0 Å². The van der Waals surface area contributed by atoms with Gasteiger partial charge in [-0.25, -0.2) is 0 Å². The molecule has 0 bridgehead atoms. The summed E-state index contributed by atoms with van der Waals surface area (Å²) in [4.78, 5) is 2.20. The molecule has 0 fully saturated rings. The normalized spacial score (nSPS) is 14.8. The van der Waals surface area contributed by atoms with Crippen molar-refractivity contribution in [3.8, 4) is 0 Å². The van der Waals surface area contributed by atoms with E-state index in [9.17, 15) is 0 Å². The van der Waals surface area contributed by atoms with E-state index in [1.54, 1.807) is 0 Å². The van der Waals surface area contributed by atoms with E-state index in [2.05, 4.69) is 57.9 Å². The summed E-state index contributed by atoms with van der Waals surface area (Å²) < 4.78 is 0. The molecule has 0 aliphatic heterocycles. The number of hydrogen-bond donors (Lipinski definition) is 0. The summed E-state index contributed by atoms with van der Waals surface area (Å²) in [6.45, 7) is 10.5. The second kappa shape index (κ2) is 5.63. The fourth-order valence-corrected chi connectivity index (χ4v) is 1.09. The van der Waals surface area contributed by atoms with Crippen LogP contribution >= 0.6 is 0 Å². The molecule has 0 radical (unpaired) electrons. The highest BCUT2D eigenvalue weighted by atomic mass is 15.1. The third-order valence-electron chi connectivity index (χ3n) is 2.44. The Balaban J connectivity index is 4.77. The lowest BCUT2D eigenvalue weighted by molar-refractivity contribution is 0.515. The zero-order valence-electron chi connectivity index (χ0n) is 9.68. The molecule has 0 aromatic heterocycles. The van der Waals surface area contributed by atoms with E-state index in [1.165, 1.54) is 17.0 Å². The number of nitrogens with zero attached hydrogens (tertiary/aromatic N) is 1. The van der Waals surface area contributed by atoms with Crippen molar-refractivity contribution >= 4 is 0 Å². The maximum Gasteiger partial charge on any atom is 0.0171 e. The highest BCUT2D eigenvalue weighted by Crippen LogP contribution is 2.13. The zero-order valence-corrected chi connectivity index (χ0v) is 9.68. The van der Waals surface area contributed by atoms with Crippen LogP contribution < -0.4 is 0 Å². The molecule has 1 nitrogen and oxygen atoms in total. The molecular formula is C12H21N. The van der Waals surface area contributed by atoms with Gasteiger partial charge in [0, 0.05) is 18.4 Å². The third-order valence-corrected chi connectivity index (χ3v) is 2.44. The predicted molar refractivity (Wildman–Crippen MR) is 60.4 cm³/mol. The van der Waals surface area contributed by atoms with Gasteiger partial charge >= 0.3 is 0 Å². The molecular weight excluding hydrogens is 158 g/mol. The van der Waals surface area contributed by atoms with Gasteiger partial charge in [0.05, 0.1) is 0 Å². The Morgan fingerprint density at radius 1 is 1.08 bits per heavy atom. The van der Waals surface area contributed by atoms with Crippen LogP contribution in [0.25, 0.3) is 0 Å². The zero-order chi connectivity index (χ0) is 10.4. The number of rotatable bonds is 3. The largest absolute Gasteiger partial charge is 0.352 e. The number of hydrogen-bond acceptors (Lipinski definition) is 1. The predicted octanol–water partition coefficient (Wildman–Crippen LogP) is 3.71. The summed E-state index contributed by atoms with van der Waals surface area (Å²) in [5.41, 5.74) is 3.89. The summed E-state index contributed by atoms with van der Waals surface area (Å²) in [6.07, 6.45) is 6.32. The standard InChI is InChI=1S/C12H21N/c1-7-9-10(3)12(5)13(6)11(4)8-2/h7-9H,1-6H3. The summed E-state index contributed by atoms with van der Waals surface area (Å²) in [7, 11) is 2.09. The van der Waals surface area contributed by atoms with Crippen LogP contribution in [0, 0.1) is 0 Å². The van der Waals surface area contributed by atoms with Gasteiger partial charge in [-0.15, -0.1) is 0 Å². The first-order valence-electron chi connectivity index (χ1n) is 4.71. The molecule has 0 rings (SSSR count). The SMILES string of the molecule is CC=CC(C)=C(C)N(C)C(C)=CC. The van der Waals surface area contributed by atoms with Gasteiger partial charge < -0.3 is 4.90 Å². The smallest absolute Gasteiger partial charge is 0.0171 e. The average Bonchev–Trinajstić information content (AvgIpc) is 2.14. The van der Waals surface area contributed by atoms with E-state index in [4.69, 9.17) is 0 Å². The molecule has 0 aliphatic rings. The van der Waals surface area contributed by atoms with Crippen LogP contribution in [0.2, 0.25) is 0 Å². The van der Waals surface area contributed by atoms with Crippen molar-refractivity contribution in [1.82, 2.24) is 4.90 Å². The van der Waals surface area contributed by atoms with Crippen molar-refractivity contribution in [2.75, 3.05) is 7.05 Å². The number of allylic oxidation sites excluding steroid dienone is 6. The van der Waals surface area contributed by atoms with Gasteiger partial charge in [0.15, 0.2) is 0 Å². The molecule has 0 unspecified atom stereocenters. The molecule has 0 atom stereocenters. The second-order valence-electron chi connectivity index (χ2n) is 3.26. The Labute approximate surface area is 82.4 Å². The van der Waals surface area contributed by atoms with Crippen molar-refractivity contribution in [2.45, 2.75) is 34.6 Å². The molecule has 0 amide bonds. The summed E-state index contributed by atoms with van der Waals surface area (Å²) in [5.74, 6) is 0. The monoisotopic (exact) mass is 179 g/mol. The lowest BCUT2D eigenvalue weighted by atomic mass is 10.2. The Kier molecular flexibility index (Phi) is 5.20. The van der Waals surface area contributed by atoms with Gasteiger partial charge in [0.1, 0.15) is 0 Å². The average molecular weight is 179 g/mol. The first-order chi connectivity index (χ1) is 6.04. The van der Waals surface area contributed by atoms with Gasteiger partial charge in [0.25, 0.3) is 0 Å². The van der Waals surface area contributed by atoms with Gasteiger partial charge in [-0.05, 0) is 40.2 Å². The first-order valence-corrected chi connectivity index (χ1v) is 4.71. The molecule has 1 heteroatoms. The molecule has 0 N–H and O–H groups in total. The van der Waals surface area contributed by atoms with Crippen LogP contribution in [0.4, 0.5) is 0 Å². The van der Waals surface area contributed by atoms with E-state index in [-0.39, 0.29) is 0 Å². The van der Waals surface area contributed by atoms with Gasteiger partial charge in [-0.3, -0.25) is 0 Å². The van der Waals surface area contributed by atoms with Crippen molar-refractivity contribution in [2.24, 2.45) is 0 Å². The molecule has 0 heterocycles. The Bertz CT molecular complexity index is 244. The first kappa shape index (κ1) is 12.0. The van der Waals surface area contributed by atoms with Crippen molar-refractivity contribution in [3.63, 3.8) is 0 Å². The molecule has 0 aromatic rings. The van der Waals surface area contributed by atoms with Gasteiger partial charge in [-0.2, -0.15) is 0 Å². The van der Waals surface area contributed by atoms with Crippen LogP contribution in [0.3, 0.4) is 0 Å². The Morgan fingerprint density at radius 3 is 2.00 bits per heavy atom. The summed E-state index contributed by atoms with van der Waals surface area (Å²) in [5, 5.41) is 0. The molecule has 0 aromatic carbocycles. The van der Waals surface area contributed by atoms with Crippen LogP contribution in [-0.4, -0.2) is 11.9 Å². The Morgan fingerprint density at radius 2 is 1.62 bits per heavy atom. The van der Waals surface area contributed by atoms with E-state index in [1.807, 2.05) is 6.92 Å². The topological polar surface area (TPSA) is 3.24 Å². The maximum absolute atomic E-state index is 2.20. The maximum atomic E-state index is 2.20. The highest BCUT2D eigenvalue weighted by Gasteiger charge is 2.01. The lowest BCUT2D eigenvalue weighted by Gasteiger charge is -2.22. The van der Waals surface area contributed by atoms with E-state index in [0.29, 0.717) is 0 Å². The minimum absolute atomic E-state index is 1.28. The van der Waals surface area contributed by atoms with Crippen molar-refractivity contribution in [3.05, 3.63) is 35.2 Å². The molecule has 0 spiro atoms. The van der Waals surface area contributed by atoms with E-state index < -0.39 is 0 Å². The highest BCUT2D eigenvalue weighted by molar-refractivity contribution is 5.23. The molecule has 74 valence electrons. The van der Waals surface area contributed by atoms with Crippen LogP contribution in [0.5, 0.6) is 0 Å². The van der Waals surface area contributed by atoms with Crippen molar-refractivity contribution < 1.29 is 0 Å². The summed E-state index contributed by atoms with van der Waals surface area (Å²) >= 11 is 0. The molecule has 0 saturated heterocycles. The van der Waals surface area contributed by atoms with Gasteiger partial charge in [-0.1, -0.05) is 18.2 Å².